The lowest BCUT2D eigenvalue weighted by Gasteiger charge is -2.38. The number of alkyl halides is 3. The van der Waals surface area contributed by atoms with Crippen molar-refractivity contribution in [3.8, 4) is 28.7 Å². The van der Waals surface area contributed by atoms with Gasteiger partial charge in [-0.2, -0.15) is 21.6 Å². The van der Waals surface area contributed by atoms with Crippen molar-refractivity contribution in [1.29, 1.82) is 0 Å². The molecule has 0 saturated carbocycles. The Hall–Kier alpha value is -3.39. The van der Waals surface area contributed by atoms with E-state index in [1.54, 1.807) is 7.05 Å². The molecule has 14 heteroatoms. The van der Waals surface area contributed by atoms with E-state index in [-0.39, 0.29) is 18.1 Å². The van der Waals surface area contributed by atoms with Crippen molar-refractivity contribution in [2.24, 2.45) is 0 Å². The van der Waals surface area contributed by atoms with Crippen molar-refractivity contribution < 1.29 is 54.3 Å². The highest BCUT2D eigenvalue weighted by Gasteiger charge is 2.51. The number of benzene rings is 2. The lowest BCUT2D eigenvalue weighted by molar-refractivity contribution is -0.0501. The summed E-state index contributed by atoms with van der Waals surface area (Å²) in [6, 6.07) is 3.81. The molecule has 2 aromatic carbocycles. The topological polar surface area (TPSA) is 110 Å². The number of nitrogens with zero attached hydrogens (tertiary/aromatic N) is 1. The first-order chi connectivity index (χ1) is 17.0. The Bertz CT molecular complexity index is 1360. The summed E-state index contributed by atoms with van der Waals surface area (Å²) in [5, 5.41) is 0. The van der Waals surface area contributed by atoms with Crippen LogP contribution < -0.4 is 23.1 Å². The molecule has 5 rings (SSSR count). The minimum atomic E-state index is -6.10. The average molecular weight is 531 g/mol. The molecule has 36 heavy (non-hydrogen) atoms. The Morgan fingerprint density at radius 3 is 2.53 bits per heavy atom. The molecule has 3 heterocycles. The Labute approximate surface area is 203 Å². The quantitative estimate of drug-likeness (QED) is 0.324. The first kappa shape index (κ1) is 24.3. The van der Waals surface area contributed by atoms with Gasteiger partial charge in [0.1, 0.15) is 11.7 Å². The highest BCUT2D eigenvalue weighted by molar-refractivity contribution is 7.88. The number of carbonyl (C=O) groups is 1. The van der Waals surface area contributed by atoms with Crippen LogP contribution in [-0.2, 0) is 21.3 Å². The van der Waals surface area contributed by atoms with E-state index in [9.17, 15) is 26.4 Å². The highest BCUT2D eigenvalue weighted by atomic mass is 32.2. The largest absolute Gasteiger partial charge is 0.534 e. The molecule has 194 valence electrons. The van der Waals surface area contributed by atoms with Crippen LogP contribution >= 0.6 is 0 Å². The summed E-state index contributed by atoms with van der Waals surface area (Å²) in [7, 11) is -1.75. The van der Waals surface area contributed by atoms with Gasteiger partial charge in [-0.3, -0.25) is 4.90 Å². The maximum absolute atomic E-state index is 13.1. The summed E-state index contributed by atoms with van der Waals surface area (Å²) < 4.78 is 94.5. The maximum atomic E-state index is 13.1. The normalized spacial score (nSPS) is 21.0. The van der Waals surface area contributed by atoms with Gasteiger partial charge in [0, 0.05) is 17.7 Å². The predicted octanol–water partition coefficient (Wildman–Crippen LogP) is 3.10. The third kappa shape index (κ3) is 3.58. The number of likely N-dealkylation sites (N-methyl/N-ethyl adjacent to an activating group) is 1. The fourth-order valence-electron chi connectivity index (χ4n) is 4.75. The number of cyclic esters (lactones) is 1. The summed E-state index contributed by atoms with van der Waals surface area (Å²) in [6.45, 7) is 0.552. The molecule has 0 amide bonds. The molecule has 0 N–H and O–H groups in total. The zero-order valence-corrected chi connectivity index (χ0v) is 20.0. The zero-order chi connectivity index (χ0) is 26.0. The number of carbonyl (C=O) groups excluding carboxylic acids is 1. The smallest absolute Gasteiger partial charge is 0.493 e. The molecule has 0 bridgehead atoms. The molecular weight excluding hydrogens is 511 g/mol. The van der Waals surface area contributed by atoms with E-state index in [2.05, 4.69) is 4.18 Å². The number of esters is 1. The predicted molar refractivity (Wildman–Crippen MR) is 115 cm³/mol. The molecule has 0 spiro atoms. The number of fused-ring (bicyclic) bond motifs is 3. The van der Waals surface area contributed by atoms with E-state index < -0.39 is 45.1 Å². The van der Waals surface area contributed by atoms with E-state index in [1.807, 2.05) is 11.0 Å². The summed E-state index contributed by atoms with van der Waals surface area (Å²) in [5.41, 5.74) is -4.54. The van der Waals surface area contributed by atoms with Crippen molar-refractivity contribution in [1.82, 2.24) is 4.90 Å². The Morgan fingerprint density at radius 2 is 1.86 bits per heavy atom. The molecular formula is C22H20F3NO9S. The van der Waals surface area contributed by atoms with Crippen LogP contribution in [0.25, 0.3) is 0 Å². The highest BCUT2D eigenvalue weighted by Crippen LogP contribution is 2.55. The minimum absolute atomic E-state index is 0.00448. The van der Waals surface area contributed by atoms with Gasteiger partial charge in [0.05, 0.1) is 20.3 Å². The fourth-order valence-corrected chi connectivity index (χ4v) is 5.23. The van der Waals surface area contributed by atoms with Crippen molar-refractivity contribution in [3.05, 3.63) is 40.5 Å². The Kier molecular flexibility index (Phi) is 5.63. The second-order valence-electron chi connectivity index (χ2n) is 8.26. The van der Waals surface area contributed by atoms with Gasteiger partial charge in [-0.25, -0.2) is 4.79 Å². The van der Waals surface area contributed by atoms with Gasteiger partial charge < -0.3 is 27.9 Å². The van der Waals surface area contributed by atoms with Crippen molar-refractivity contribution in [3.63, 3.8) is 0 Å². The molecule has 0 aliphatic carbocycles. The Morgan fingerprint density at radius 1 is 1.11 bits per heavy atom. The van der Waals surface area contributed by atoms with E-state index in [0.29, 0.717) is 35.8 Å². The van der Waals surface area contributed by atoms with Crippen LogP contribution in [0.5, 0.6) is 28.7 Å². The number of halogens is 3. The van der Waals surface area contributed by atoms with Crippen LogP contribution in [0.3, 0.4) is 0 Å². The van der Waals surface area contributed by atoms with Crippen LogP contribution in [0, 0.1) is 0 Å². The van der Waals surface area contributed by atoms with Crippen LogP contribution in [0.15, 0.2) is 18.2 Å². The van der Waals surface area contributed by atoms with Crippen molar-refractivity contribution in [2.75, 3.05) is 34.6 Å². The van der Waals surface area contributed by atoms with E-state index in [4.69, 9.17) is 23.7 Å². The van der Waals surface area contributed by atoms with Crippen molar-refractivity contribution >= 4 is 16.1 Å². The van der Waals surface area contributed by atoms with Gasteiger partial charge in [-0.05, 0) is 31.2 Å². The lowest BCUT2D eigenvalue weighted by Crippen LogP contribution is -2.36. The monoisotopic (exact) mass is 531 g/mol. The molecule has 3 aliphatic rings. The molecule has 0 radical (unpaired) electrons. The molecule has 2 atom stereocenters. The van der Waals surface area contributed by atoms with Crippen LogP contribution in [0.4, 0.5) is 13.2 Å². The zero-order valence-electron chi connectivity index (χ0n) is 19.2. The lowest BCUT2D eigenvalue weighted by atomic mass is 9.85. The summed E-state index contributed by atoms with van der Waals surface area (Å²) in [6.07, 6.45) is -0.420. The van der Waals surface area contributed by atoms with Crippen LogP contribution in [0.2, 0.25) is 0 Å². The van der Waals surface area contributed by atoms with E-state index in [0.717, 1.165) is 12.7 Å². The summed E-state index contributed by atoms with van der Waals surface area (Å²) in [4.78, 5) is 14.9. The third-order valence-electron chi connectivity index (χ3n) is 6.33. The molecule has 0 aromatic heterocycles. The van der Waals surface area contributed by atoms with Crippen LogP contribution in [-0.4, -0.2) is 59.4 Å². The molecule has 10 nitrogen and oxygen atoms in total. The van der Waals surface area contributed by atoms with Gasteiger partial charge in [-0.15, -0.1) is 0 Å². The number of methoxy groups -OCH3 is 2. The number of hydrogen-bond donors (Lipinski definition) is 0. The van der Waals surface area contributed by atoms with Gasteiger partial charge >= 0.3 is 21.6 Å². The maximum Gasteiger partial charge on any atom is 0.534 e. The van der Waals surface area contributed by atoms with E-state index >= 15 is 0 Å². The van der Waals surface area contributed by atoms with Crippen LogP contribution in [0.1, 0.15) is 39.2 Å². The molecule has 1 unspecified atom stereocenters. The van der Waals surface area contributed by atoms with E-state index in [1.165, 1.54) is 19.2 Å². The number of hydrogen-bond acceptors (Lipinski definition) is 10. The summed E-state index contributed by atoms with van der Waals surface area (Å²) >= 11 is 0. The fraction of sp³-hybridized carbons (Fsp3) is 0.409. The van der Waals surface area contributed by atoms with Gasteiger partial charge in [0.15, 0.2) is 23.0 Å². The number of ether oxygens (including phenoxy) is 5. The molecule has 0 fully saturated rings. The van der Waals surface area contributed by atoms with Crippen molar-refractivity contribution in [2.45, 2.75) is 24.1 Å². The minimum Gasteiger partial charge on any atom is -0.493 e. The molecule has 0 saturated heterocycles. The van der Waals surface area contributed by atoms with Gasteiger partial charge in [0.2, 0.25) is 12.5 Å². The SMILES string of the molecule is COc1ccc2c(c1OS(=O)(=O)C(F)(F)F)C(=O)O[C@@H]2C1c2c(cc3c(c2OC)OCO3)CCN1C. The number of rotatable bonds is 5. The molecule has 3 aliphatic heterocycles. The summed E-state index contributed by atoms with van der Waals surface area (Å²) in [5.74, 6) is -1.05. The van der Waals surface area contributed by atoms with Gasteiger partial charge in [0.25, 0.3) is 0 Å². The Balaban J connectivity index is 1.66. The second-order valence-corrected chi connectivity index (χ2v) is 9.80. The second kappa shape index (κ2) is 8.34. The third-order valence-corrected chi connectivity index (χ3v) is 7.29. The first-order valence-electron chi connectivity index (χ1n) is 10.6. The molecule has 2 aromatic rings. The van der Waals surface area contributed by atoms with Gasteiger partial charge in [-0.1, -0.05) is 6.07 Å². The average Bonchev–Trinajstić information content (AvgIpc) is 3.41. The first-order valence-corrected chi connectivity index (χ1v) is 12.0. The standard InChI is InChI=1S/C22H20F3NO9S/c1-26-7-6-10-8-13-19(33-9-32-13)20(31-3)14(10)16(26)17-11-4-5-12(30-2)18(15(11)21(27)34-17)35-36(28,29)22(23,24)25/h4-5,8,16-17H,6-7,9H2,1-3H3/t16?,17-/m0/s1.